The Morgan fingerprint density at radius 1 is 1.07 bits per heavy atom. The molecule has 0 aliphatic carbocycles. The number of amides is 2. The number of unbranched alkanes of at least 4 members (excludes halogenated alkanes) is 3. The molecule has 0 radical (unpaired) electrons. The normalized spacial score (nSPS) is 16.5. The fourth-order valence-electron chi connectivity index (χ4n) is 3.39. The molecule has 1 aliphatic heterocycles. The highest BCUT2D eigenvalue weighted by Gasteiger charge is 2.23. The van der Waals surface area contributed by atoms with Crippen LogP contribution in [0.15, 0.2) is 24.3 Å². The summed E-state index contributed by atoms with van der Waals surface area (Å²) in [5.74, 6) is -0.172. The Balaban J connectivity index is 0.00000364. The lowest BCUT2D eigenvalue weighted by Crippen LogP contribution is -2.40. The van der Waals surface area contributed by atoms with Crippen LogP contribution in [0, 0.1) is 5.92 Å². The minimum absolute atomic E-state index is 0. The fourth-order valence-corrected chi connectivity index (χ4v) is 3.39. The van der Waals surface area contributed by atoms with Crippen molar-refractivity contribution in [2.45, 2.75) is 51.5 Å². The molecule has 1 heterocycles. The summed E-state index contributed by atoms with van der Waals surface area (Å²) in [6.07, 6.45) is 6.52. The number of nitrogens with two attached hydrogens (primary N) is 2. The topological polar surface area (TPSA) is 101 Å². The smallest absolute Gasteiger partial charge is 0.224 e. The minimum atomic E-state index is -0.198. The molecule has 1 unspecified atom stereocenters. The number of nitrogens with zero attached hydrogens (tertiary/aromatic N) is 1. The van der Waals surface area contributed by atoms with Crippen LogP contribution in [0.4, 0.5) is 5.69 Å². The summed E-state index contributed by atoms with van der Waals surface area (Å²) < 4.78 is 0. The molecular weight excluding hydrogens is 399 g/mol. The summed E-state index contributed by atoms with van der Waals surface area (Å²) in [4.78, 5) is 25.6. The first-order valence-electron chi connectivity index (χ1n) is 9.69. The largest absolute Gasteiger partial charge is 0.369 e. The van der Waals surface area contributed by atoms with Crippen molar-refractivity contribution in [1.82, 2.24) is 4.90 Å². The van der Waals surface area contributed by atoms with Crippen LogP contribution in [0.3, 0.4) is 0 Å². The van der Waals surface area contributed by atoms with E-state index >= 15 is 0 Å². The first-order chi connectivity index (χ1) is 12.6. The summed E-state index contributed by atoms with van der Waals surface area (Å²) in [6, 6.07) is 7.95. The molecule has 0 aromatic heterocycles. The van der Waals surface area contributed by atoms with Gasteiger partial charge in [0.1, 0.15) is 0 Å². The van der Waals surface area contributed by atoms with E-state index in [1.54, 1.807) is 0 Å². The molecule has 1 aromatic carbocycles. The van der Waals surface area contributed by atoms with Gasteiger partial charge < -0.3 is 16.8 Å². The maximum absolute atomic E-state index is 12.0. The average molecular weight is 433 g/mol. The highest BCUT2D eigenvalue weighted by Crippen LogP contribution is 2.19. The van der Waals surface area contributed by atoms with E-state index in [-0.39, 0.29) is 42.5 Å². The lowest BCUT2D eigenvalue weighted by molar-refractivity contribution is -0.123. The van der Waals surface area contributed by atoms with Crippen LogP contribution in [0.25, 0.3) is 0 Å². The number of anilines is 1. The van der Waals surface area contributed by atoms with Crippen molar-refractivity contribution in [1.29, 1.82) is 0 Å². The van der Waals surface area contributed by atoms with E-state index in [2.05, 4.69) is 10.2 Å². The third kappa shape index (κ3) is 9.73. The van der Waals surface area contributed by atoms with Crippen molar-refractivity contribution in [2.24, 2.45) is 17.4 Å². The summed E-state index contributed by atoms with van der Waals surface area (Å²) in [7, 11) is 0. The Morgan fingerprint density at radius 3 is 2.39 bits per heavy atom. The fraction of sp³-hybridized carbons (Fsp3) is 0.600. The highest BCUT2D eigenvalue weighted by molar-refractivity contribution is 5.90. The van der Waals surface area contributed by atoms with Crippen molar-refractivity contribution >= 4 is 42.3 Å². The Morgan fingerprint density at radius 2 is 1.75 bits per heavy atom. The van der Waals surface area contributed by atoms with E-state index in [4.69, 9.17) is 11.5 Å². The van der Waals surface area contributed by atoms with Crippen molar-refractivity contribution in [2.75, 3.05) is 25.0 Å². The molecule has 1 fully saturated rings. The minimum Gasteiger partial charge on any atom is -0.369 e. The Hall–Kier alpha value is -1.34. The number of hydrogen-bond donors (Lipinski definition) is 3. The second-order valence-corrected chi connectivity index (χ2v) is 7.17. The summed E-state index contributed by atoms with van der Waals surface area (Å²) >= 11 is 0. The summed E-state index contributed by atoms with van der Waals surface area (Å²) in [5, 5.41) is 2.95. The van der Waals surface area contributed by atoms with E-state index < -0.39 is 0 Å². The molecule has 0 spiro atoms. The maximum atomic E-state index is 12.0. The molecule has 0 bridgehead atoms. The van der Waals surface area contributed by atoms with Crippen molar-refractivity contribution in [3.8, 4) is 0 Å². The summed E-state index contributed by atoms with van der Waals surface area (Å²) in [5.41, 5.74) is 12.9. The van der Waals surface area contributed by atoms with E-state index in [9.17, 15) is 9.59 Å². The quantitative estimate of drug-likeness (QED) is 0.494. The predicted octanol–water partition coefficient (Wildman–Crippen LogP) is 3.08. The van der Waals surface area contributed by atoms with Crippen LogP contribution in [0.5, 0.6) is 0 Å². The van der Waals surface area contributed by atoms with Gasteiger partial charge in [-0.2, -0.15) is 0 Å². The number of primary amides is 1. The Bertz CT molecular complexity index is 584. The molecule has 1 saturated heterocycles. The summed E-state index contributed by atoms with van der Waals surface area (Å²) in [6.45, 7) is 3.25. The van der Waals surface area contributed by atoms with Gasteiger partial charge in [0.15, 0.2) is 0 Å². The first kappa shape index (κ1) is 26.7. The zero-order valence-corrected chi connectivity index (χ0v) is 18.0. The van der Waals surface area contributed by atoms with Gasteiger partial charge in [-0.3, -0.25) is 14.5 Å². The van der Waals surface area contributed by atoms with E-state index in [1.807, 2.05) is 24.3 Å². The number of hydrogen-bond acceptors (Lipinski definition) is 4. The van der Waals surface area contributed by atoms with E-state index in [0.29, 0.717) is 6.42 Å². The number of carbonyl (C=O) groups excluding carboxylic acids is 2. The van der Waals surface area contributed by atoms with Gasteiger partial charge >= 0.3 is 0 Å². The SMILES string of the molecule is Cl.Cl.NCCCCCCC(=O)Nc1ccc(CN2CCCC(C(N)=O)C2)cc1. The molecule has 1 atom stereocenters. The maximum Gasteiger partial charge on any atom is 0.224 e. The van der Waals surface area contributed by atoms with Crippen molar-refractivity contribution in [3.63, 3.8) is 0 Å². The lowest BCUT2D eigenvalue weighted by atomic mass is 9.97. The molecule has 28 heavy (non-hydrogen) atoms. The molecule has 1 aromatic rings. The van der Waals surface area contributed by atoms with E-state index in [1.165, 1.54) is 5.56 Å². The van der Waals surface area contributed by atoms with Crippen LogP contribution < -0.4 is 16.8 Å². The van der Waals surface area contributed by atoms with Crippen LogP contribution >= 0.6 is 24.8 Å². The van der Waals surface area contributed by atoms with Gasteiger partial charge in [0.05, 0.1) is 5.92 Å². The van der Waals surface area contributed by atoms with Gasteiger partial charge in [-0.25, -0.2) is 0 Å². The number of nitrogens with one attached hydrogen (secondary N) is 1. The Kier molecular flexibility index (Phi) is 13.9. The first-order valence-corrected chi connectivity index (χ1v) is 9.69. The molecule has 0 saturated carbocycles. The van der Waals surface area contributed by atoms with Gasteiger partial charge in [0.2, 0.25) is 11.8 Å². The standard InChI is InChI=1S/C20H32N4O2.2ClH/c21-12-4-2-1-3-7-19(25)23-18-10-8-16(9-11-18)14-24-13-5-6-17(15-24)20(22)26;;/h8-11,17H,1-7,12-15,21H2,(H2,22,26)(H,23,25);2*1H. The van der Waals surface area contributed by atoms with Crippen LogP contribution in [-0.2, 0) is 16.1 Å². The van der Waals surface area contributed by atoms with Crippen LogP contribution in [-0.4, -0.2) is 36.3 Å². The number of piperidine rings is 1. The average Bonchev–Trinajstić information content (AvgIpc) is 2.63. The molecule has 5 N–H and O–H groups in total. The molecule has 1 aliphatic rings. The molecular formula is C20H34Cl2N4O2. The van der Waals surface area contributed by atoms with Crippen molar-refractivity contribution in [3.05, 3.63) is 29.8 Å². The second-order valence-electron chi connectivity index (χ2n) is 7.17. The molecule has 6 nitrogen and oxygen atoms in total. The van der Waals surface area contributed by atoms with Crippen LogP contribution in [0.1, 0.15) is 50.5 Å². The monoisotopic (exact) mass is 432 g/mol. The highest BCUT2D eigenvalue weighted by atomic mass is 35.5. The van der Waals surface area contributed by atoms with Gasteiger partial charge in [0, 0.05) is 25.2 Å². The molecule has 2 rings (SSSR count). The van der Waals surface area contributed by atoms with Gasteiger partial charge in [-0.1, -0.05) is 25.0 Å². The number of benzene rings is 1. The predicted molar refractivity (Wildman–Crippen MR) is 119 cm³/mol. The third-order valence-corrected chi connectivity index (χ3v) is 4.91. The van der Waals surface area contributed by atoms with Gasteiger partial charge in [0.25, 0.3) is 0 Å². The second kappa shape index (κ2) is 14.6. The van der Waals surface area contributed by atoms with E-state index in [0.717, 1.165) is 70.4 Å². The molecule has 160 valence electrons. The third-order valence-electron chi connectivity index (χ3n) is 4.91. The zero-order valence-electron chi connectivity index (χ0n) is 16.4. The number of halogens is 2. The lowest BCUT2D eigenvalue weighted by Gasteiger charge is -2.31. The number of carbonyl (C=O) groups is 2. The molecule has 8 heteroatoms. The zero-order chi connectivity index (χ0) is 18.8. The molecule has 2 amide bonds. The number of rotatable bonds is 10. The van der Waals surface area contributed by atoms with Crippen LogP contribution in [0.2, 0.25) is 0 Å². The number of likely N-dealkylation sites (tertiary alicyclic amines) is 1. The van der Waals surface area contributed by atoms with Gasteiger partial charge in [-0.05, 0) is 56.5 Å². The van der Waals surface area contributed by atoms with Crippen molar-refractivity contribution < 1.29 is 9.59 Å². The van der Waals surface area contributed by atoms with Gasteiger partial charge in [-0.15, -0.1) is 24.8 Å². The Labute approximate surface area is 180 Å².